The molecule has 0 heterocycles. The third kappa shape index (κ3) is 7.71. The van der Waals surface area contributed by atoms with Gasteiger partial charge in [-0.1, -0.05) is 88.7 Å². The average Bonchev–Trinajstić information content (AvgIpc) is 2.98. The molecule has 4 fully saturated rings. The minimum atomic E-state index is -4.90. The summed E-state index contributed by atoms with van der Waals surface area (Å²) in [7, 11) is -1.67. The van der Waals surface area contributed by atoms with Crippen molar-refractivity contribution in [2.75, 3.05) is 0 Å². The van der Waals surface area contributed by atoms with Crippen molar-refractivity contribution in [3.63, 3.8) is 0 Å². The van der Waals surface area contributed by atoms with Gasteiger partial charge in [0.25, 0.3) is 0 Å². The van der Waals surface area contributed by atoms with Crippen LogP contribution in [0.3, 0.4) is 0 Å². The zero-order chi connectivity index (χ0) is 29.7. The second kappa shape index (κ2) is 14.3. The Morgan fingerprint density at radius 3 is 1.05 bits per heavy atom. The second-order valence-corrected chi connectivity index (χ2v) is 14.8. The van der Waals surface area contributed by atoms with E-state index in [0.717, 1.165) is 147 Å². The molecule has 0 unspecified atom stereocenters. The van der Waals surface area contributed by atoms with Gasteiger partial charge in [0.2, 0.25) is 0 Å². The smallest absolute Gasteiger partial charge is 0.240 e. The summed E-state index contributed by atoms with van der Waals surface area (Å²) >= 11 is 0. The van der Waals surface area contributed by atoms with E-state index in [0.29, 0.717) is 0 Å². The molecule has 0 N–H and O–H groups in total. The van der Waals surface area contributed by atoms with Crippen LogP contribution in [0.15, 0.2) is 18.2 Å². The Bertz CT molecular complexity index is 983. The molecule has 0 saturated heterocycles. The number of hydrogen-bond donors (Lipinski definition) is 0. The van der Waals surface area contributed by atoms with Crippen molar-refractivity contribution in [2.45, 2.75) is 165 Å². The van der Waals surface area contributed by atoms with Crippen LogP contribution in [0.2, 0.25) is 0 Å². The van der Waals surface area contributed by atoms with Crippen LogP contribution < -0.4 is 0 Å². The van der Waals surface area contributed by atoms with Crippen molar-refractivity contribution in [3.05, 3.63) is 34.9 Å². The summed E-state index contributed by atoms with van der Waals surface area (Å²) in [5.74, 6) is 0. The SMILES string of the molecule is FC(F)(F)c1cccc(C(F)(F)F)c1C#P(N(C1CCCCC1)C1CCCCC1)N(C1CCCCC1)C1CCCCC1. The Balaban J connectivity index is 1.78. The lowest BCUT2D eigenvalue weighted by atomic mass is 9.90. The van der Waals surface area contributed by atoms with E-state index in [4.69, 9.17) is 0 Å². The molecular weight excluding hydrogens is 569 g/mol. The number of alkyl halides is 6. The predicted octanol–water partition coefficient (Wildman–Crippen LogP) is 11.3. The monoisotopic (exact) mass is 616 g/mol. The number of nitrogens with zero attached hydrogens (tertiary/aromatic N) is 2. The summed E-state index contributed by atoms with van der Waals surface area (Å²) in [5.41, 5.74) is 0.0199. The molecule has 4 saturated carbocycles. The highest BCUT2D eigenvalue weighted by molar-refractivity contribution is 7.42. The number of halogens is 6. The fourth-order valence-electron chi connectivity index (χ4n) is 8.08. The van der Waals surface area contributed by atoms with Crippen molar-refractivity contribution >= 4 is 7.68 Å². The van der Waals surface area contributed by atoms with E-state index >= 15 is 0 Å². The Kier molecular flexibility index (Phi) is 10.9. The van der Waals surface area contributed by atoms with Gasteiger partial charge in [0.15, 0.2) is 0 Å². The maximum Gasteiger partial charge on any atom is 0.417 e. The number of hydrogen-bond acceptors (Lipinski definition) is 2. The maximum atomic E-state index is 14.5. The van der Waals surface area contributed by atoms with E-state index in [-0.39, 0.29) is 24.2 Å². The zero-order valence-corrected chi connectivity index (χ0v) is 25.7. The molecule has 0 aromatic heterocycles. The molecule has 2 nitrogen and oxygen atoms in total. The van der Waals surface area contributed by atoms with Crippen molar-refractivity contribution in [1.29, 1.82) is 0 Å². The molecule has 4 aliphatic rings. The molecule has 0 spiro atoms. The standard InChI is InChI=1S/C33H47F6N2P/c34-32(35,36)30-22-13-23-31(33(37,38)39)29(30)24-42(40(25-14-5-1-6-15-25)26-16-7-2-8-17-26)41(27-18-9-3-10-19-27)28-20-11-4-12-21-28/h13,22-23,25-28H,1-12,14-21H2. The normalized spacial score (nSPS) is 23.0. The molecule has 0 amide bonds. The lowest BCUT2D eigenvalue weighted by Crippen LogP contribution is -2.48. The van der Waals surface area contributed by atoms with Crippen LogP contribution in [-0.4, -0.2) is 33.5 Å². The summed E-state index contributed by atoms with van der Waals surface area (Å²) in [5, 5.41) is 0. The third-order valence-corrected chi connectivity index (χ3v) is 12.7. The van der Waals surface area contributed by atoms with Crippen molar-refractivity contribution < 1.29 is 26.3 Å². The summed E-state index contributed by atoms with van der Waals surface area (Å²) in [6.45, 7) is 0. The van der Waals surface area contributed by atoms with Gasteiger partial charge in [-0.15, -0.1) is 0 Å². The highest BCUT2D eigenvalue weighted by Crippen LogP contribution is 2.50. The molecule has 9 heteroatoms. The van der Waals surface area contributed by atoms with Gasteiger partial charge in [-0.3, -0.25) is 0 Å². The molecule has 1 aromatic rings. The van der Waals surface area contributed by atoms with Crippen molar-refractivity contribution in [2.24, 2.45) is 0 Å². The molecular formula is C33H47F6N2P. The molecule has 0 bridgehead atoms. The number of rotatable bonds is 4. The van der Waals surface area contributed by atoms with E-state index in [1.807, 2.05) is 0 Å². The van der Waals surface area contributed by atoms with Gasteiger partial charge in [0, 0.05) is 37.4 Å². The summed E-state index contributed by atoms with van der Waals surface area (Å²) in [6.07, 6.45) is 11.0. The van der Waals surface area contributed by atoms with E-state index in [9.17, 15) is 26.3 Å². The fraction of sp³-hybridized carbons (Fsp3) is 0.788. The Morgan fingerprint density at radius 2 is 0.786 bits per heavy atom. The molecule has 0 atom stereocenters. The fourth-order valence-corrected chi connectivity index (χ4v) is 11.1. The second-order valence-electron chi connectivity index (χ2n) is 13.1. The quantitative estimate of drug-likeness (QED) is 0.245. The van der Waals surface area contributed by atoms with Gasteiger partial charge in [-0.25, -0.2) is 9.34 Å². The lowest BCUT2D eigenvalue weighted by Gasteiger charge is -2.49. The van der Waals surface area contributed by atoms with Crippen molar-refractivity contribution in [1.82, 2.24) is 9.34 Å². The maximum absolute atomic E-state index is 14.5. The highest BCUT2D eigenvalue weighted by Gasteiger charge is 2.42. The van der Waals surface area contributed by atoms with Crippen LogP contribution in [0, 0.1) is 5.63 Å². The molecule has 4 aliphatic carbocycles. The molecule has 0 aliphatic heterocycles. The zero-order valence-electron chi connectivity index (χ0n) is 24.8. The van der Waals surface area contributed by atoms with Gasteiger partial charge < -0.3 is 0 Å². The Hall–Kier alpha value is -1.20. The minimum absolute atomic E-state index is 0.183. The summed E-state index contributed by atoms with van der Waals surface area (Å²) in [4.78, 5) is 0. The minimum Gasteiger partial charge on any atom is -0.240 e. The van der Waals surface area contributed by atoms with Crippen LogP contribution in [-0.2, 0) is 12.4 Å². The lowest BCUT2D eigenvalue weighted by molar-refractivity contribution is -0.143. The first-order chi connectivity index (χ1) is 20.1. The summed E-state index contributed by atoms with van der Waals surface area (Å²) < 4.78 is 91.7. The van der Waals surface area contributed by atoms with Crippen LogP contribution in [0.5, 0.6) is 0 Å². The van der Waals surface area contributed by atoms with Crippen LogP contribution in [0.4, 0.5) is 26.3 Å². The Morgan fingerprint density at radius 1 is 0.500 bits per heavy atom. The van der Waals surface area contributed by atoms with E-state index in [1.54, 1.807) is 0 Å². The first kappa shape index (κ1) is 32.2. The first-order valence-electron chi connectivity index (χ1n) is 16.6. The third-order valence-electron chi connectivity index (χ3n) is 10.1. The van der Waals surface area contributed by atoms with E-state index < -0.39 is 36.7 Å². The highest BCUT2D eigenvalue weighted by atomic mass is 31.1. The number of benzene rings is 1. The summed E-state index contributed by atoms with van der Waals surface area (Å²) in [6, 6.07) is 3.28. The predicted molar refractivity (Wildman–Crippen MR) is 158 cm³/mol. The van der Waals surface area contributed by atoms with Gasteiger partial charge >= 0.3 is 12.4 Å². The van der Waals surface area contributed by atoms with Gasteiger partial charge in [-0.2, -0.15) is 26.3 Å². The van der Waals surface area contributed by atoms with Crippen LogP contribution in [0.25, 0.3) is 0 Å². The van der Waals surface area contributed by atoms with Crippen molar-refractivity contribution in [3.8, 4) is 5.63 Å². The van der Waals surface area contributed by atoms with Crippen LogP contribution in [0.1, 0.15) is 145 Å². The van der Waals surface area contributed by atoms with E-state index in [1.165, 1.54) is 0 Å². The first-order valence-corrected chi connectivity index (χ1v) is 17.8. The molecule has 42 heavy (non-hydrogen) atoms. The van der Waals surface area contributed by atoms with E-state index in [2.05, 4.69) is 15.0 Å². The largest absolute Gasteiger partial charge is 0.417 e. The molecule has 5 rings (SSSR count). The van der Waals surface area contributed by atoms with Gasteiger partial charge in [0.1, 0.15) is 0 Å². The average molecular weight is 617 g/mol. The topological polar surface area (TPSA) is 6.48 Å². The van der Waals surface area contributed by atoms with Gasteiger partial charge in [-0.05, 0) is 63.5 Å². The van der Waals surface area contributed by atoms with Gasteiger partial charge in [0.05, 0.1) is 11.1 Å². The van der Waals surface area contributed by atoms with Crippen LogP contribution >= 0.6 is 7.68 Å². The Labute approximate surface area is 248 Å². The molecule has 1 aromatic carbocycles. The molecule has 0 radical (unpaired) electrons. The molecule has 236 valence electrons.